The first-order chi connectivity index (χ1) is 16.5. The van der Waals surface area contributed by atoms with Crippen LogP contribution in [0.5, 0.6) is 11.5 Å². The van der Waals surface area contributed by atoms with Crippen LogP contribution in [0.15, 0.2) is 36.7 Å². The fourth-order valence-electron chi connectivity index (χ4n) is 3.37. The molecule has 0 aliphatic carbocycles. The predicted octanol–water partition coefficient (Wildman–Crippen LogP) is 5.32. The minimum absolute atomic E-state index is 0.274. The van der Waals surface area contributed by atoms with Crippen molar-refractivity contribution in [1.29, 1.82) is 0 Å². The van der Waals surface area contributed by atoms with E-state index in [0.29, 0.717) is 45.8 Å². The molecule has 0 radical (unpaired) electrons. The minimum Gasteiger partial charge on any atom is -0.493 e. The number of anilines is 3. The van der Waals surface area contributed by atoms with Crippen molar-refractivity contribution in [3.8, 4) is 11.5 Å². The summed E-state index contributed by atoms with van der Waals surface area (Å²) in [4.78, 5) is 22.7. The normalized spacial score (nSPS) is 10.9. The van der Waals surface area contributed by atoms with Crippen LogP contribution in [0.25, 0.3) is 10.9 Å². The summed E-state index contributed by atoms with van der Waals surface area (Å²) < 4.78 is 16.5. The Balaban J connectivity index is 1.81. The summed E-state index contributed by atoms with van der Waals surface area (Å²) in [6, 6.07) is 8.86. The molecular weight excluding hydrogens is 458 g/mol. The van der Waals surface area contributed by atoms with Gasteiger partial charge in [-0.2, -0.15) is 0 Å². The molecule has 10 heteroatoms. The van der Waals surface area contributed by atoms with Gasteiger partial charge in [0.15, 0.2) is 11.5 Å². The quantitative estimate of drug-likeness (QED) is 0.375. The number of benzene rings is 2. The van der Waals surface area contributed by atoms with Gasteiger partial charge in [0.2, 0.25) is 0 Å². The van der Waals surface area contributed by atoms with E-state index in [1.54, 1.807) is 32.2 Å². The van der Waals surface area contributed by atoms with E-state index in [-0.39, 0.29) is 6.61 Å². The molecule has 2 N–H and O–H groups in total. The van der Waals surface area contributed by atoms with E-state index in [2.05, 4.69) is 39.3 Å². The van der Waals surface area contributed by atoms with Gasteiger partial charge in [0.25, 0.3) is 0 Å². The molecule has 0 aliphatic heterocycles. The number of hydrogen-bond donors (Lipinski definition) is 2. The highest BCUT2D eigenvalue weighted by molar-refractivity contribution is 6.34. The van der Waals surface area contributed by atoms with Crippen LogP contribution in [0.2, 0.25) is 5.02 Å². The summed E-state index contributed by atoms with van der Waals surface area (Å²) >= 11 is 6.34. The molecule has 0 spiro atoms. The second-order valence-corrected chi connectivity index (χ2v) is 7.69. The Hall–Kier alpha value is -3.30. The lowest BCUT2D eigenvalue weighted by Crippen LogP contribution is -2.27. The Kier molecular flexibility index (Phi) is 9.12. The second-order valence-electron chi connectivity index (χ2n) is 7.28. The third-order valence-electron chi connectivity index (χ3n) is 5.22. The zero-order valence-electron chi connectivity index (χ0n) is 19.9. The van der Waals surface area contributed by atoms with Crippen LogP contribution in [0.3, 0.4) is 0 Å². The first-order valence-electron chi connectivity index (χ1n) is 11.2. The standard InChI is InChI=1S/C24H30ClN5O4/c1-5-30(6-2)10-11-34-22-14-20-17(13-21(22)32-4)23(27-15-26-20)28-16-8-9-19(18(25)12-16)29-24(31)33-7-3/h8-9,12-15H,5-7,10-11H2,1-4H3,(H,29,31)(H,26,27,28). The van der Waals surface area contributed by atoms with E-state index >= 15 is 0 Å². The van der Waals surface area contributed by atoms with E-state index in [1.165, 1.54) is 6.33 Å². The lowest BCUT2D eigenvalue weighted by molar-refractivity contribution is 0.168. The van der Waals surface area contributed by atoms with Crippen molar-refractivity contribution in [3.05, 3.63) is 41.7 Å². The predicted molar refractivity (Wildman–Crippen MR) is 135 cm³/mol. The van der Waals surface area contributed by atoms with E-state index in [4.69, 9.17) is 25.8 Å². The molecule has 0 fully saturated rings. The van der Waals surface area contributed by atoms with Gasteiger partial charge in [-0.1, -0.05) is 25.4 Å². The van der Waals surface area contributed by atoms with Crippen molar-refractivity contribution in [2.24, 2.45) is 0 Å². The third-order valence-corrected chi connectivity index (χ3v) is 5.54. The number of ether oxygens (including phenoxy) is 3. The van der Waals surface area contributed by atoms with E-state index in [9.17, 15) is 4.79 Å². The van der Waals surface area contributed by atoms with Crippen LogP contribution >= 0.6 is 11.6 Å². The molecule has 34 heavy (non-hydrogen) atoms. The SMILES string of the molecule is CCOC(=O)Nc1ccc(Nc2ncnc3cc(OCCN(CC)CC)c(OC)cc23)cc1Cl. The van der Waals surface area contributed by atoms with Crippen molar-refractivity contribution in [2.45, 2.75) is 20.8 Å². The summed E-state index contributed by atoms with van der Waals surface area (Å²) in [6.45, 7) is 9.58. The van der Waals surface area contributed by atoms with Gasteiger partial charge < -0.3 is 24.4 Å². The summed E-state index contributed by atoms with van der Waals surface area (Å²) in [6.07, 6.45) is 0.920. The number of carbonyl (C=O) groups is 1. The van der Waals surface area contributed by atoms with Gasteiger partial charge >= 0.3 is 6.09 Å². The summed E-state index contributed by atoms with van der Waals surface area (Å²) in [5.74, 6) is 1.81. The van der Waals surface area contributed by atoms with Crippen molar-refractivity contribution in [1.82, 2.24) is 14.9 Å². The molecule has 0 unspecified atom stereocenters. The van der Waals surface area contributed by atoms with Crippen molar-refractivity contribution >= 4 is 45.8 Å². The van der Waals surface area contributed by atoms with Crippen LogP contribution < -0.4 is 20.1 Å². The summed E-state index contributed by atoms with van der Waals surface area (Å²) in [5.41, 5.74) is 1.85. The smallest absolute Gasteiger partial charge is 0.411 e. The second kappa shape index (κ2) is 12.2. The molecule has 2 aromatic carbocycles. The molecule has 1 heterocycles. The Morgan fingerprint density at radius 2 is 1.88 bits per heavy atom. The number of nitrogens with zero attached hydrogens (tertiary/aromatic N) is 3. The van der Waals surface area contributed by atoms with E-state index in [1.807, 2.05) is 12.1 Å². The van der Waals surface area contributed by atoms with Crippen molar-refractivity contribution < 1.29 is 19.0 Å². The molecule has 9 nitrogen and oxygen atoms in total. The van der Waals surface area contributed by atoms with Gasteiger partial charge in [-0.15, -0.1) is 0 Å². The molecule has 0 bridgehead atoms. The average Bonchev–Trinajstić information content (AvgIpc) is 2.83. The zero-order chi connectivity index (χ0) is 24.5. The number of methoxy groups -OCH3 is 1. The Morgan fingerprint density at radius 3 is 2.56 bits per heavy atom. The third kappa shape index (κ3) is 6.39. The van der Waals surface area contributed by atoms with E-state index in [0.717, 1.165) is 25.0 Å². The van der Waals surface area contributed by atoms with Crippen molar-refractivity contribution in [3.63, 3.8) is 0 Å². The average molecular weight is 488 g/mol. The molecule has 0 atom stereocenters. The van der Waals surface area contributed by atoms with Crippen LogP contribution in [-0.2, 0) is 4.74 Å². The van der Waals surface area contributed by atoms with Crippen molar-refractivity contribution in [2.75, 3.05) is 50.6 Å². The number of rotatable bonds is 11. The maximum Gasteiger partial charge on any atom is 0.411 e. The van der Waals surface area contributed by atoms with Gasteiger partial charge in [-0.05, 0) is 44.3 Å². The highest BCUT2D eigenvalue weighted by Gasteiger charge is 2.13. The van der Waals surface area contributed by atoms with Gasteiger partial charge in [-0.25, -0.2) is 14.8 Å². The highest BCUT2D eigenvalue weighted by Crippen LogP contribution is 2.35. The number of hydrogen-bond acceptors (Lipinski definition) is 8. The van der Waals surface area contributed by atoms with Gasteiger partial charge in [0.05, 0.1) is 29.9 Å². The summed E-state index contributed by atoms with van der Waals surface area (Å²) in [7, 11) is 1.60. The molecule has 0 saturated heterocycles. The maximum atomic E-state index is 11.7. The molecule has 0 aliphatic rings. The topological polar surface area (TPSA) is 97.8 Å². The number of likely N-dealkylation sites (N-methyl/N-ethyl adjacent to an activating group) is 1. The maximum absolute atomic E-state index is 11.7. The monoisotopic (exact) mass is 487 g/mol. The molecule has 3 rings (SSSR count). The van der Waals surface area contributed by atoms with Gasteiger partial charge in [-0.3, -0.25) is 5.32 Å². The number of carbonyl (C=O) groups excluding carboxylic acids is 1. The van der Waals surface area contributed by atoms with E-state index < -0.39 is 6.09 Å². The van der Waals surface area contributed by atoms with Gasteiger partial charge in [0.1, 0.15) is 18.8 Å². The fourth-order valence-corrected chi connectivity index (χ4v) is 3.60. The number of halogens is 1. The van der Waals surface area contributed by atoms with Crippen LogP contribution in [0.1, 0.15) is 20.8 Å². The number of fused-ring (bicyclic) bond motifs is 1. The molecule has 1 amide bonds. The summed E-state index contributed by atoms with van der Waals surface area (Å²) in [5, 5.41) is 6.98. The molecule has 182 valence electrons. The Morgan fingerprint density at radius 1 is 1.09 bits per heavy atom. The number of nitrogens with one attached hydrogen (secondary N) is 2. The Labute approximate surface area is 204 Å². The minimum atomic E-state index is -0.561. The Bertz CT molecular complexity index is 1120. The lowest BCUT2D eigenvalue weighted by atomic mass is 10.2. The zero-order valence-corrected chi connectivity index (χ0v) is 20.6. The molecule has 1 aromatic heterocycles. The first kappa shape index (κ1) is 25.3. The highest BCUT2D eigenvalue weighted by atomic mass is 35.5. The van der Waals surface area contributed by atoms with Crippen LogP contribution in [-0.4, -0.2) is 60.9 Å². The first-order valence-corrected chi connectivity index (χ1v) is 11.5. The van der Waals surface area contributed by atoms with Gasteiger partial charge in [0, 0.05) is 23.7 Å². The number of amides is 1. The lowest BCUT2D eigenvalue weighted by Gasteiger charge is -2.19. The number of aromatic nitrogens is 2. The molecule has 0 saturated carbocycles. The fraction of sp³-hybridized carbons (Fsp3) is 0.375. The molecular formula is C24H30ClN5O4. The van der Waals surface area contributed by atoms with Crippen LogP contribution in [0, 0.1) is 0 Å². The largest absolute Gasteiger partial charge is 0.493 e. The molecule has 3 aromatic rings. The van der Waals surface area contributed by atoms with Crippen LogP contribution in [0.4, 0.5) is 22.0 Å².